The third-order valence-corrected chi connectivity index (χ3v) is 17.2. The molecule has 0 fully saturated rings. The molecule has 0 bridgehead atoms. The summed E-state index contributed by atoms with van der Waals surface area (Å²) in [4.78, 5) is 0. The molecule has 0 aromatic heterocycles. The van der Waals surface area contributed by atoms with E-state index in [1.807, 2.05) is 11.8 Å². The van der Waals surface area contributed by atoms with Crippen LogP contribution in [0.25, 0.3) is 0 Å². The summed E-state index contributed by atoms with van der Waals surface area (Å²) in [6.45, 7) is 39.0. The van der Waals surface area contributed by atoms with E-state index in [1.54, 1.807) is 14.2 Å². The van der Waals surface area contributed by atoms with Crippen LogP contribution in [0.2, 0.25) is 0 Å². The molecule has 2 N–H and O–H groups in total. The predicted octanol–water partition coefficient (Wildman–Crippen LogP) is 1.46. The fourth-order valence-electron chi connectivity index (χ4n) is 8.77. The van der Waals surface area contributed by atoms with Gasteiger partial charge in [-0.15, -0.1) is 0 Å². The van der Waals surface area contributed by atoms with Crippen molar-refractivity contribution in [3.05, 3.63) is 0 Å². The molecule has 131 heavy (non-hydrogen) atoms. The minimum absolute atomic E-state index is 0.0196. The number of aliphatic hydroxyl groups excluding tert-OH is 2. The molecule has 0 aliphatic carbocycles. The Morgan fingerprint density at radius 1 is 0.122 bits per heavy atom. The van der Waals surface area contributed by atoms with Gasteiger partial charge < -0.3 is 200 Å². The minimum atomic E-state index is 0.0196. The molecule has 0 spiro atoms. The van der Waals surface area contributed by atoms with Crippen LogP contribution in [0.3, 0.4) is 0 Å². The second-order valence-corrected chi connectivity index (χ2v) is 27.9. The van der Waals surface area contributed by atoms with Gasteiger partial charge in [-0.05, 0) is 11.5 Å². The van der Waals surface area contributed by atoms with Crippen molar-refractivity contribution in [3.8, 4) is 0 Å². The monoisotopic (exact) mass is 1980 g/mol. The highest BCUT2D eigenvalue weighted by Crippen LogP contribution is 2.00. The van der Waals surface area contributed by atoms with Crippen LogP contribution in [0.15, 0.2) is 0 Å². The largest absolute Gasteiger partial charge is 0.394 e. The van der Waals surface area contributed by atoms with Crippen molar-refractivity contribution in [1.29, 1.82) is 0 Å². The van der Waals surface area contributed by atoms with Crippen molar-refractivity contribution in [2.45, 2.75) is 0 Å². The van der Waals surface area contributed by atoms with E-state index in [9.17, 15) is 0 Å². The lowest BCUT2D eigenvalue weighted by molar-refractivity contribution is -0.0314. The molecular formula is C86H178O42S3. The Balaban J connectivity index is -0.00000233. The second kappa shape index (κ2) is 138. The molecule has 0 heterocycles. The smallest absolute Gasteiger partial charge is 0.0701 e. The molecule has 0 aromatic carbocycles. The van der Waals surface area contributed by atoms with Gasteiger partial charge in [-0.2, -0.15) is 37.0 Å². The number of methoxy groups -OCH3 is 2. The van der Waals surface area contributed by atoms with Crippen LogP contribution >= 0.6 is 37.0 Å². The van der Waals surface area contributed by atoms with Crippen molar-refractivity contribution >= 4 is 37.0 Å². The molecule has 0 aliphatic heterocycles. The second-order valence-electron chi connectivity index (χ2n) is 25.8. The molecule has 0 amide bonds. The Bertz CT molecular complexity index is 1760. The van der Waals surface area contributed by atoms with Gasteiger partial charge in [0.2, 0.25) is 0 Å². The lowest BCUT2D eigenvalue weighted by Gasteiger charge is -2.09. The Kier molecular flexibility index (Phi) is 142. The Morgan fingerprint density at radius 2 is 0.191 bits per heavy atom. The normalized spacial score (nSPS) is 11.6. The van der Waals surface area contributed by atoms with Gasteiger partial charge in [0, 0.05) is 25.7 Å². The lowest BCUT2D eigenvalue weighted by Crippen LogP contribution is -2.16. The van der Waals surface area contributed by atoms with Crippen molar-refractivity contribution in [2.24, 2.45) is 0 Å². The zero-order chi connectivity index (χ0) is 94.4. The third-order valence-electron chi connectivity index (χ3n) is 15.2. The average molecular weight is 1980 g/mol. The third kappa shape index (κ3) is 142. The minimum Gasteiger partial charge on any atom is -0.394 e. The quantitative estimate of drug-likeness (QED) is 0.0494. The maximum absolute atomic E-state index is 8.60. The number of hydrogen-bond donors (Lipinski definition) is 4. The van der Waals surface area contributed by atoms with Gasteiger partial charge in [0.25, 0.3) is 0 Å². The lowest BCUT2D eigenvalue weighted by atomic mass is 10.6. The number of hydrogen-bond acceptors (Lipinski definition) is 45. The molecule has 0 atom stereocenters. The molecule has 0 aromatic rings. The molecule has 0 saturated heterocycles. The highest BCUT2D eigenvalue weighted by atomic mass is 32.2. The van der Waals surface area contributed by atoms with Crippen LogP contribution in [-0.2, 0) is 189 Å². The van der Waals surface area contributed by atoms with E-state index >= 15 is 0 Å². The summed E-state index contributed by atoms with van der Waals surface area (Å²) in [6, 6.07) is 0. The van der Waals surface area contributed by atoms with Crippen LogP contribution < -0.4 is 0 Å². The topological polar surface area (TPSA) is 410 Å². The van der Waals surface area contributed by atoms with Crippen molar-refractivity contribution in [1.82, 2.24) is 0 Å². The zero-order valence-corrected chi connectivity index (χ0v) is 82.5. The first-order valence-electron chi connectivity index (χ1n) is 46.2. The van der Waals surface area contributed by atoms with E-state index in [4.69, 9.17) is 200 Å². The predicted molar refractivity (Wildman–Crippen MR) is 494 cm³/mol. The van der Waals surface area contributed by atoms with Crippen LogP contribution in [0, 0.1) is 0 Å². The summed E-state index contributed by atoms with van der Waals surface area (Å²) in [5.74, 6) is 4.28. The fourth-order valence-corrected chi connectivity index (χ4v) is 10.0. The van der Waals surface area contributed by atoms with Crippen molar-refractivity contribution in [2.75, 3.05) is 566 Å². The van der Waals surface area contributed by atoms with Gasteiger partial charge in [0.1, 0.15) is 0 Å². The fraction of sp³-hybridized carbons (Fsp3) is 1.00. The number of thioether (sulfide) groups is 1. The van der Waals surface area contributed by atoms with E-state index in [-0.39, 0.29) is 13.2 Å². The van der Waals surface area contributed by atoms with E-state index in [0.717, 1.165) is 23.0 Å². The Morgan fingerprint density at radius 3 is 0.252 bits per heavy atom. The molecule has 0 aliphatic rings. The molecule has 45 heteroatoms. The highest BCUT2D eigenvalue weighted by molar-refractivity contribution is 8.00. The van der Waals surface area contributed by atoms with E-state index in [0.29, 0.717) is 515 Å². The standard InChI is InChI=1S/C42H86O21.C40H82O21.C4H10S3/c1-43-3-5-45-7-9-47-11-13-49-15-17-51-19-21-53-23-25-55-27-29-57-31-33-59-35-37-61-39-41-63-42-40-62-38-36-60-34-32-58-30-28-56-26-24-54-22-20-52-18-16-50-14-12-48-10-8-46-6-4-44-2;41-1-3-43-5-7-45-9-11-47-13-15-49-17-19-51-21-23-53-25-27-55-29-31-57-33-35-59-37-39-61-40-38-60-36-34-58-32-30-56-28-26-54-24-22-52-20-18-50-16-14-48-12-10-46-8-6-44-4-2-42;5-1-3-7-4-2-6/h3-42H2,1-2H3;41-42H,1-40H2;5-6H,1-4H2. The van der Waals surface area contributed by atoms with Crippen LogP contribution in [-0.4, -0.2) is 576 Å². The number of ether oxygens (including phenoxy) is 40. The van der Waals surface area contributed by atoms with E-state index < -0.39 is 0 Å². The Hall–Kier alpha value is -0.630. The number of aliphatic hydroxyl groups is 2. The van der Waals surface area contributed by atoms with Crippen LogP contribution in [0.1, 0.15) is 0 Å². The summed E-state index contributed by atoms with van der Waals surface area (Å²) in [5, 5.41) is 17.2. The first kappa shape index (κ1) is 134. The molecule has 42 nitrogen and oxygen atoms in total. The maximum Gasteiger partial charge on any atom is 0.0701 e. The molecule has 0 unspecified atom stereocenters. The molecule has 0 rings (SSSR count). The molecule has 0 saturated carbocycles. The zero-order valence-electron chi connectivity index (χ0n) is 79.9. The molecular weight excluding hydrogens is 1800 g/mol. The van der Waals surface area contributed by atoms with Gasteiger partial charge in [-0.25, -0.2) is 0 Å². The van der Waals surface area contributed by atoms with Crippen molar-refractivity contribution in [3.63, 3.8) is 0 Å². The molecule has 792 valence electrons. The number of thiol groups is 2. The summed E-state index contributed by atoms with van der Waals surface area (Å²) in [6.07, 6.45) is 0. The van der Waals surface area contributed by atoms with Gasteiger partial charge in [-0.1, -0.05) is 0 Å². The first-order chi connectivity index (χ1) is 65.2. The van der Waals surface area contributed by atoms with Gasteiger partial charge >= 0.3 is 0 Å². The van der Waals surface area contributed by atoms with Gasteiger partial charge in [0.05, 0.1) is 529 Å². The van der Waals surface area contributed by atoms with Crippen molar-refractivity contribution < 1.29 is 200 Å². The van der Waals surface area contributed by atoms with E-state index in [2.05, 4.69) is 25.3 Å². The summed E-state index contributed by atoms with van der Waals surface area (Å²) < 4.78 is 217. The van der Waals surface area contributed by atoms with Gasteiger partial charge in [-0.3, -0.25) is 0 Å². The van der Waals surface area contributed by atoms with Gasteiger partial charge in [0.15, 0.2) is 0 Å². The molecule has 0 radical (unpaired) electrons. The van der Waals surface area contributed by atoms with Crippen LogP contribution in [0.5, 0.6) is 0 Å². The van der Waals surface area contributed by atoms with Crippen LogP contribution in [0.4, 0.5) is 0 Å². The average Bonchev–Trinajstić information content (AvgIpc) is 1.10. The SMILES string of the molecule is COCCOCCOCCOCCOCCOCCOCCOCCOCCOCCOCCOCCOCCOCCOCCOCCOCCOCCOCCOCCOC.OCCOCCOCCOCCOCCOCCOCCOCCOCCOCCOCCOCCOCCOCCOCCOCCOCCOCCOCCOCCO.SCCSCCS. The van der Waals surface area contributed by atoms with E-state index in [1.165, 1.54) is 0 Å². The number of rotatable bonds is 122. The summed E-state index contributed by atoms with van der Waals surface area (Å²) >= 11 is 10.00. The maximum atomic E-state index is 8.60. The summed E-state index contributed by atoms with van der Waals surface area (Å²) in [5.41, 5.74) is 0. The Labute approximate surface area is 798 Å². The highest BCUT2D eigenvalue weighted by Gasteiger charge is 2.05. The first-order valence-corrected chi connectivity index (χ1v) is 48.6. The summed E-state index contributed by atoms with van der Waals surface area (Å²) in [7, 11) is 3.29.